The van der Waals surface area contributed by atoms with Crippen LogP contribution in [-0.2, 0) is 0 Å². The van der Waals surface area contributed by atoms with Crippen molar-refractivity contribution in [3.05, 3.63) is 41.5 Å². The fraction of sp³-hybridized carbons (Fsp3) is 0. The molecule has 0 radical (unpaired) electrons. The molecule has 0 spiro atoms. The predicted molar refractivity (Wildman–Crippen MR) is 59.7 cm³/mol. The number of nitrogens with zero attached hydrogens (tertiary/aromatic N) is 3. The van der Waals surface area contributed by atoms with Crippen LogP contribution in [0.1, 0.15) is 0 Å². The predicted octanol–water partition coefficient (Wildman–Crippen LogP) is 2.33. The van der Waals surface area contributed by atoms with E-state index < -0.39 is 0 Å². The summed E-state index contributed by atoms with van der Waals surface area (Å²) in [7, 11) is 0. The third-order valence-corrected chi connectivity index (χ3v) is 2.59. The normalized spacial score (nSPS) is 10.9. The third kappa shape index (κ3) is 1.34. The molecule has 2 heterocycles. The molecule has 18 heavy (non-hydrogen) atoms. The number of fused-ring (bicyclic) bond motifs is 1. The van der Waals surface area contributed by atoms with Crippen molar-refractivity contribution in [3.63, 3.8) is 0 Å². The molecule has 2 N–H and O–H groups in total. The van der Waals surface area contributed by atoms with Crippen LogP contribution >= 0.6 is 0 Å². The second-order valence-electron chi connectivity index (χ2n) is 3.64. The summed E-state index contributed by atoms with van der Waals surface area (Å²) in [5.74, 6) is 0.513. The lowest BCUT2D eigenvalue weighted by atomic mass is 10.3. The zero-order chi connectivity index (χ0) is 12.7. The molecule has 1 aromatic carbocycles. The van der Waals surface area contributed by atoms with E-state index in [2.05, 4.69) is 4.98 Å². The largest absolute Gasteiger partial charge is 0.461 e. The van der Waals surface area contributed by atoms with Crippen molar-refractivity contribution in [1.82, 2.24) is 9.71 Å². The first-order chi connectivity index (χ1) is 8.68. The Morgan fingerprint density at radius 3 is 2.78 bits per heavy atom. The van der Waals surface area contributed by atoms with Crippen molar-refractivity contribution < 1.29 is 19.8 Å². The zero-order valence-electron chi connectivity index (χ0n) is 9.02. The summed E-state index contributed by atoms with van der Waals surface area (Å²) in [5, 5.41) is 18.9. The number of para-hydroxylation sites is 1. The van der Waals surface area contributed by atoms with Gasteiger partial charge in [0.05, 0.1) is 11.2 Å². The Balaban J connectivity index is 2.34. The fourth-order valence-corrected chi connectivity index (χ4v) is 1.79. The van der Waals surface area contributed by atoms with Crippen molar-refractivity contribution in [3.8, 4) is 11.6 Å². The molecule has 0 saturated heterocycles. The van der Waals surface area contributed by atoms with Crippen LogP contribution in [0.3, 0.4) is 0 Å². The van der Waals surface area contributed by atoms with Crippen molar-refractivity contribution in [1.29, 1.82) is 0 Å². The van der Waals surface area contributed by atoms with Crippen LogP contribution in [0, 0.1) is 4.91 Å². The van der Waals surface area contributed by atoms with Crippen LogP contribution in [0.25, 0.3) is 22.6 Å². The maximum Gasteiger partial charge on any atom is 0.344 e. The second kappa shape index (κ2) is 3.59. The average Bonchev–Trinajstić information content (AvgIpc) is 2.97. The van der Waals surface area contributed by atoms with E-state index in [4.69, 9.17) is 9.62 Å². The molecular formula is C11H8N3O4+. The van der Waals surface area contributed by atoms with Gasteiger partial charge in [0.2, 0.25) is 5.82 Å². The van der Waals surface area contributed by atoms with E-state index in [0.29, 0.717) is 11.3 Å². The summed E-state index contributed by atoms with van der Waals surface area (Å²) in [5.41, 5.74) is 0.436. The van der Waals surface area contributed by atoms with E-state index in [1.54, 1.807) is 18.2 Å². The average molecular weight is 246 g/mol. The van der Waals surface area contributed by atoms with Crippen molar-refractivity contribution >= 4 is 16.7 Å². The summed E-state index contributed by atoms with van der Waals surface area (Å²) in [6, 6.07) is 7.78. The molecule has 2 aromatic heterocycles. The maximum absolute atomic E-state index is 11.0. The highest BCUT2D eigenvalue weighted by molar-refractivity contribution is 5.87. The number of aromatic nitrogens is 2. The minimum Gasteiger partial charge on any atom is -0.461 e. The van der Waals surface area contributed by atoms with Gasteiger partial charge in [-0.25, -0.2) is 10.2 Å². The summed E-state index contributed by atoms with van der Waals surface area (Å²) < 4.78 is 5.94. The quantitative estimate of drug-likeness (QED) is 0.534. The number of imidazole rings is 1. The molecule has 3 aromatic rings. The topological polar surface area (TPSA) is 91.5 Å². The molecule has 7 heteroatoms. The molecule has 90 valence electrons. The summed E-state index contributed by atoms with van der Waals surface area (Å²) in [6.07, 6.45) is 1.45. The van der Waals surface area contributed by atoms with Gasteiger partial charge in [0.25, 0.3) is 4.92 Å². The van der Waals surface area contributed by atoms with Gasteiger partial charge in [-0.15, -0.1) is 0 Å². The molecule has 3 rings (SSSR count). The van der Waals surface area contributed by atoms with E-state index in [1.807, 2.05) is 0 Å². The number of benzene rings is 1. The molecule has 0 amide bonds. The van der Waals surface area contributed by atoms with E-state index >= 15 is 0 Å². The van der Waals surface area contributed by atoms with Gasteiger partial charge in [0, 0.05) is 6.07 Å². The van der Waals surface area contributed by atoms with Gasteiger partial charge >= 0.3 is 5.69 Å². The Hall–Kier alpha value is -2.83. The summed E-state index contributed by atoms with van der Waals surface area (Å²) >= 11 is 0. The molecule has 0 aliphatic heterocycles. The Labute approximate surface area is 100 Å². The maximum atomic E-state index is 11.0. The zero-order valence-corrected chi connectivity index (χ0v) is 9.02. The number of hydrogen-bond donors (Lipinski definition) is 2. The number of rotatable bonds is 2. The highest BCUT2D eigenvalue weighted by Gasteiger charge is 2.24. The third-order valence-electron chi connectivity index (χ3n) is 2.59. The van der Waals surface area contributed by atoms with Crippen LogP contribution in [0.5, 0.6) is 0 Å². The molecule has 0 aliphatic carbocycles. The monoisotopic (exact) mass is 246 g/mol. The number of hydrogen-bond acceptors (Lipinski definition) is 4. The van der Waals surface area contributed by atoms with Gasteiger partial charge in [-0.1, -0.05) is 6.07 Å². The number of furan rings is 1. The van der Waals surface area contributed by atoms with Gasteiger partial charge < -0.3 is 9.62 Å². The van der Waals surface area contributed by atoms with Crippen LogP contribution < -0.4 is 0 Å². The van der Waals surface area contributed by atoms with Gasteiger partial charge in [0.1, 0.15) is 5.52 Å². The fourth-order valence-electron chi connectivity index (χ4n) is 1.79. The smallest absolute Gasteiger partial charge is 0.344 e. The summed E-state index contributed by atoms with van der Waals surface area (Å²) in [6.45, 7) is 0. The first-order valence-corrected chi connectivity index (χ1v) is 5.09. The first kappa shape index (κ1) is 10.3. The van der Waals surface area contributed by atoms with Gasteiger partial charge in [0.15, 0.2) is 11.3 Å². The van der Waals surface area contributed by atoms with Crippen molar-refractivity contribution in [2.24, 2.45) is 0 Å². The van der Waals surface area contributed by atoms with Crippen LogP contribution in [-0.4, -0.2) is 25.1 Å². The van der Waals surface area contributed by atoms with Crippen LogP contribution in [0.15, 0.2) is 41.0 Å². The molecule has 7 nitrogen and oxygen atoms in total. The van der Waals surface area contributed by atoms with E-state index in [-0.39, 0.29) is 22.0 Å². The first-order valence-electron chi connectivity index (χ1n) is 5.09. The van der Waals surface area contributed by atoms with Crippen molar-refractivity contribution in [2.75, 3.05) is 0 Å². The molecular weight excluding hydrogens is 238 g/mol. The van der Waals surface area contributed by atoms with Crippen LogP contribution in [0.2, 0.25) is 0 Å². The van der Waals surface area contributed by atoms with Crippen LogP contribution in [0.4, 0.5) is 5.69 Å². The molecule has 0 fully saturated rings. The lowest BCUT2D eigenvalue weighted by Gasteiger charge is -1.95. The molecule has 0 saturated carbocycles. The Kier molecular flexibility index (Phi) is 2.06. The Bertz CT molecular complexity index is 730. The molecule has 0 unspecified atom stereocenters. The SMILES string of the molecule is O=[N+](O)c1cccc2c1nc(-c1ccco1)n2O. The van der Waals surface area contributed by atoms with E-state index in [1.165, 1.54) is 18.4 Å². The minimum absolute atomic E-state index is 0.0480. The van der Waals surface area contributed by atoms with E-state index in [0.717, 1.165) is 4.73 Å². The minimum atomic E-state index is -0.290. The highest BCUT2D eigenvalue weighted by Crippen LogP contribution is 2.28. The molecule has 0 aliphatic rings. The lowest BCUT2D eigenvalue weighted by molar-refractivity contribution is -0.728. The Morgan fingerprint density at radius 1 is 1.28 bits per heavy atom. The highest BCUT2D eigenvalue weighted by atomic mass is 16.6. The van der Waals surface area contributed by atoms with Gasteiger partial charge in [-0.05, 0) is 18.2 Å². The molecule has 0 bridgehead atoms. The van der Waals surface area contributed by atoms with E-state index in [9.17, 15) is 10.1 Å². The Morgan fingerprint density at radius 2 is 2.11 bits per heavy atom. The van der Waals surface area contributed by atoms with Crippen molar-refractivity contribution in [2.45, 2.75) is 0 Å². The lowest BCUT2D eigenvalue weighted by Crippen LogP contribution is -1.94. The molecule has 0 atom stereocenters. The van der Waals surface area contributed by atoms with Gasteiger partial charge in [-0.3, -0.25) is 0 Å². The van der Waals surface area contributed by atoms with Gasteiger partial charge in [-0.2, -0.15) is 4.73 Å². The second-order valence-corrected chi connectivity index (χ2v) is 3.64. The summed E-state index contributed by atoms with van der Waals surface area (Å²) in [4.78, 5) is 14.8. The standard InChI is InChI=1S/C11H8N3O4/c15-13-7-3-1-4-8(14(16)17)10(7)12-11(13)9-5-2-6-18-9/h1-6,15H,(H,16,17)/q+1.